The number of nitrogens with zero attached hydrogens (tertiary/aromatic N) is 3. The summed E-state index contributed by atoms with van der Waals surface area (Å²) in [7, 11) is 0. The number of carbonyl (C=O) groups is 1. The van der Waals surface area contributed by atoms with Crippen molar-refractivity contribution in [2.45, 2.75) is 38.0 Å². The minimum absolute atomic E-state index is 0.257. The Morgan fingerprint density at radius 2 is 1.95 bits per heavy atom. The van der Waals surface area contributed by atoms with Crippen molar-refractivity contribution in [3.8, 4) is 0 Å². The number of carboxylic acids is 1. The molecular weight excluding hydrogens is 270 g/mol. The molecule has 21 heavy (non-hydrogen) atoms. The summed E-state index contributed by atoms with van der Waals surface area (Å²) in [5.74, 6) is -0.0272. The van der Waals surface area contributed by atoms with Crippen LogP contribution in [0.5, 0.6) is 0 Å². The molecule has 2 fully saturated rings. The summed E-state index contributed by atoms with van der Waals surface area (Å²) in [6.45, 7) is 2.86. The van der Waals surface area contributed by atoms with Gasteiger partial charge in [-0.3, -0.25) is 0 Å². The number of hydrogen-bond donors (Lipinski definition) is 1. The SMILES string of the molecule is O=C(O)c1cnc(N2CCOCC2)nc1C1CCCCC1. The Morgan fingerprint density at radius 3 is 2.62 bits per heavy atom. The van der Waals surface area contributed by atoms with Gasteiger partial charge in [0.15, 0.2) is 0 Å². The molecule has 1 aromatic rings. The van der Waals surface area contributed by atoms with Crippen molar-refractivity contribution < 1.29 is 14.6 Å². The van der Waals surface area contributed by atoms with Crippen LogP contribution >= 0.6 is 0 Å². The van der Waals surface area contributed by atoms with Crippen LogP contribution in [0.15, 0.2) is 6.20 Å². The summed E-state index contributed by atoms with van der Waals surface area (Å²) in [5, 5.41) is 9.38. The molecule has 114 valence electrons. The molecule has 2 aliphatic rings. The Morgan fingerprint density at radius 1 is 1.24 bits per heavy atom. The van der Waals surface area contributed by atoms with E-state index in [2.05, 4.69) is 14.9 Å². The molecule has 1 aromatic heterocycles. The van der Waals surface area contributed by atoms with Gasteiger partial charge in [0, 0.05) is 25.2 Å². The maximum atomic E-state index is 11.4. The third-order valence-corrected chi connectivity index (χ3v) is 4.32. The van der Waals surface area contributed by atoms with Gasteiger partial charge in [-0.05, 0) is 12.8 Å². The summed E-state index contributed by atoms with van der Waals surface area (Å²) < 4.78 is 5.34. The molecule has 0 amide bonds. The van der Waals surface area contributed by atoms with E-state index in [1.54, 1.807) is 0 Å². The summed E-state index contributed by atoms with van der Waals surface area (Å²) in [6.07, 6.45) is 7.07. The van der Waals surface area contributed by atoms with Crippen LogP contribution in [0.1, 0.15) is 54.1 Å². The number of hydrogen-bond acceptors (Lipinski definition) is 5. The van der Waals surface area contributed by atoms with Gasteiger partial charge in [0.25, 0.3) is 0 Å². The molecule has 1 aliphatic heterocycles. The lowest BCUT2D eigenvalue weighted by molar-refractivity contribution is 0.0693. The van der Waals surface area contributed by atoms with E-state index in [9.17, 15) is 9.90 Å². The first-order valence-corrected chi connectivity index (χ1v) is 7.68. The quantitative estimate of drug-likeness (QED) is 0.918. The van der Waals surface area contributed by atoms with Gasteiger partial charge in [-0.1, -0.05) is 19.3 Å². The van der Waals surface area contributed by atoms with E-state index in [0.717, 1.165) is 44.5 Å². The fraction of sp³-hybridized carbons (Fsp3) is 0.667. The normalized spacial score (nSPS) is 20.5. The summed E-state index contributed by atoms with van der Waals surface area (Å²) >= 11 is 0. The number of rotatable bonds is 3. The van der Waals surface area contributed by atoms with E-state index < -0.39 is 5.97 Å². The number of carboxylic acid groups (broad SMARTS) is 1. The minimum Gasteiger partial charge on any atom is -0.478 e. The van der Waals surface area contributed by atoms with Gasteiger partial charge in [0.1, 0.15) is 0 Å². The third-order valence-electron chi connectivity index (χ3n) is 4.32. The van der Waals surface area contributed by atoms with Gasteiger partial charge in [0.05, 0.1) is 24.5 Å². The predicted octanol–water partition coefficient (Wildman–Crippen LogP) is 2.06. The molecule has 6 nitrogen and oxygen atoms in total. The average molecular weight is 291 g/mol. The highest BCUT2D eigenvalue weighted by Gasteiger charge is 2.25. The Hall–Kier alpha value is -1.69. The highest BCUT2D eigenvalue weighted by atomic mass is 16.5. The molecule has 0 spiro atoms. The minimum atomic E-state index is -0.927. The van der Waals surface area contributed by atoms with Crippen molar-refractivity contribution >= 4 is 11.9 Å². The zero-order valence-corrected chi connectivity index (χ0v) is 12.1. The number of aromatic nitrogens is 2. The van der Waals surface area contributed by atoms with Crippen LogP contribution in [0.25, 0.3) is 0 Å². The Bertz CT molecular complexity index is 509. The van der Waals surface area contributed by atoms with Crippen molar-refractivity contribution in [1.82, 2.24) is 9.97 Å². The van der Waals surface area contributed by atoms with Crippen LogP contribution in [0, 0.1) is 0 Å². The average Bonchev–Trinajstić information content (AvgIpc) is 2.56. The highest BCUT2D eigenvalue weighted by Crippen LogP contribution is 2.33. The standard InChI is InChI=1S/C15H21N3O3/c19-14(20)12-10-16-15(18-6-8-21-9-7-18)17-13(12)11-4-2-1-3-5-11/h10-11H,1-9H2,(H,19,20). The van der Waals surface area contributed by atoms with Gasteiger partial charge in [-0.15, -0.1) is 0 Å². The lowest BCUT2D eigenvalue weighted by Gasteiger charge is -2.28. The van der Waals surface area contributed by atoms with Gasteiger partial charge in [-0.2, -0.15) is 0 Å². The van der Waals surface area contributed by atoms with Gasteiger partial charge in [-0.25, -0.2) is 14.8 Å². The second kappa shape index (κ2) is 6.39. The van der Waals surface area contributed by atoms with Crippen LogP contribution in [0.4, 0.5) is 5.95 Å². The van der Waals surface area contributed by atoms with Crippen LogP contribution in [-0.2, 0) is 4.74 Å². The van der Waals surface area contributed by atoms with Crippen molar-refractivity contribution in [2.75, 3.05) is 31.2 Å². The van der Waals surface area contributed by atoms with Gasteiger partial charge in [0.2, 0.25) is 5.95 Å². The number of morpholine rings is 1. The zero-order chi connectivity index (χ0) is 14.7. The van der Waals surface area contributed by atoms with Gasteiger partial charge < -0.3 is 14.7 Å². The maximum Gasteiger partial charge on any atom is 0.339 e. The first-order chi connectivity index (χ1) is 10.3. The summed E-state index contributed by atoms with van der Waals surface area (Å²) in [6, 6.07) is 0. The molecule has 0 aromatic carbocycles. The first-order valence-electron chi connectivity index (χ1n) is 7.68. The first kappa shape index (κ1) is 14.3. The van der Waals surface area contributed by atoms with Crippen LogP contribution in [-0.4, -0.2) is 47.3 Å². The van der Waals surface area contributed by atoms with Crippen LogP contribution in [0.3, 0.4) is 0 Å². The van der Waals surface area contributed by atoms with Crippen molar-refractivity contribution in [2.24, 2.45) is 0 Å². The molecule has 0 atom stereocenters. The predicted molar refractivity (Wildman–Crippen MR) is 77.8 cm³/mol. The molecule has 0 unspecified atom stereocenters. The molecular formula is C15H21N3O3. The topological polar surface area (TPSA) is 75.5 Å². The van der Waals surface area contributed by atoms with Gasteiger partial charge >= 0.3 is 5.97 Å². The molecule has 1 N–H and O–H groups in total. The molecule has 1 saturated carbocycles. The molecule has 3 rings (SSSR count). The number of aromatic carboxylic acids is 1. The fourth-order valence-electron chi connectivity index (χ4n) is 3.15. The van der Waals surface area contributed by atoms with E-state index in [4.69, 9.17) is 4.74 Å². The van der Waals surface area contributed by atoms with Crippen molar-refractivity contribution in [3.05, 3.63) is 17.5 Å². The Labute approximate surface area is 124 Å². The van der Waals surface area contributed by atoms with E-state index >= 15 is 0 Å². The van der Waals surface area contributed by atoms with E-state index in [1.165, 1.54) is 12.6 Å². The lowest BCUT2D eigenvalue weighted by Crippen LogP contribution is -2.37. The monoisotopic (exact) mass is 291 g/mol. The third kappa shape index (κ3) is 3.15. The smallest absolute Gasteiger partial charge is 0.339 e. The van der Waals surface area contributed by atoms with E-state index in [0.29, 0.717) is 19.2 Å². The Kier molecular flexibility index (Phi) is 4.34. The molecule has 6 heteroatoms. The second-order valence-electron chi connectivity index (χ2n) is 5.71. The molecule has 0 bridgehead atoms. The molecule has 0 radical (unpaired) electrons. The molecule has 1 saturated heterocycles. The second-order valence-corrected chi connectivity index (χ2v) is 5.71. The van der Waals surface area contributed by atoms with Crippen LogP contribution < -0.4 is 4.90 Å². The van der Waals surface area contributed by atoms with Crippen molar-refractivity contribution in [1.29, 1.82) is 0 Å². The van der Waals surface area contributed by atoms with E-state index in [1.807, 2.05) is 0 Å². The van der Waals surface area contributed by atoms with Crippen LogP contribution in [0.2, 0.25) is 0 Å². The van der Waals surface area contributed by atoms with Crippen molar-refractivity contribution in [3.63, 3.8) is 0 Å². The maximum absolute atomic E-state index is 11.4. The molecule has 1 aliphatic carbocycles. The molecule has 2 heterocycles. The zero-order valence-electron chi connectivity index (χ0n) is 12.1. The Balaban J connectivity index is 1.91. The lowest BCUT2D eigenvalue weighted by atomic mass is 9.85. The summed E-state index contributed by atoms with van der Waals surface area (Å²) in [5.41, 5.74) is 0.984. The fourth-order valence-corrected chi connectivity index (χ4v) is 3.15. The largest absolute Gasteiger partial charge is 0.478 e. The number of ether oxygens (including phenoxy) is 1. The summed E-state index contributed by atoms with van der Waals surface area (Å²) in [4.78, 5) is 22.4. The van der Waals surface area contributed by atoms with E-state index in [-0.39, 0.29) is 11.5 Å². The highest BCUT2D eigenvalue weighted by molar-refractivity contribution is 5.88. The number of anilines is 1.